The lowest BCUT2D eigenvalue weighted by Gasteiger charge is -2.09. The Hall–Kier alpha value is -0.860. The van der Waals surface area contributed by atoms with Gasteiger partial charge in [0.2, 0.25) is 0 Å². The molecule has 0 bridgehead atoms. The summed E-state index contributed by atoms with van der Waals surface area (Å²) in [6, 6.07) is 10.4. The monoisotopic (exact) mass is 222 g/mol. The first-order valence-corrected chi connectivity index (χ1v) is 6.04. The summed E-state index contributed by atoms with van der Waals surface area (Å²) in [7, 11) is 1.70. The van der Waals surface area contributed by atoms with Gasteiger partial charge in [-0.15, -0.1) is 0 Å². The van der Waals surface area contributed by atoms with Crippen LogP contribution < -0.4 is 0 Å². The molecule has 0 aliphatic rings. The van der Waals surface area contributed by atoms with Crippen molar-refractivity contribution in [2.24, 2.45) is 0 Å². The molecule has 1 N–H and O–H groups in total. The molecule has 0 saturated carbocycles. The van der Waals surface area contributed by atoms with E-state index >= 15 is 0 Å². The second-order valence-electron chi connectivity index (χ2n) is 4.17. The van der Waals surface area contributed by atoms with Gasteiger partial charge < -0.3 is 9.84 Å². The summed E-state index contributed by atoms with van der Waals surface area (Å²) in [5.41, 5.74) is 1.35. The Balaban J connectivity index is 2.06. The quantitative estimate of drug-likeness (QED) is 0.685. The van der Waals surface area contributed by atoms with E-state index in [1.807, 2.05) is 6.07 Å². The first-order chi connectivity index (χ1) is 7.83. The number of ether oxygens (including phenoxy) is 1. The Labute approximate surface area is 98.3 Å². The number of rotatable bonds is 8. The second-order valence-corrected chi connectivity index (χ2v) is 4.17. The molecule has 1 unspecified atom stereocenters. The normalized spacial score (nSPS) is 12.6. The molecule has 0 fully saturated rings. The zero-order chi connectivity index (χ0) is 11.6. The molecule has 0 spiro atoms. The molecule has 0 aliphatic carbocycles. The highest BCUT2D eigenvalue weighted by Gasteiger charge is 2.03. The Morgan fingerprint density at radius 2 is 1.81 bits per heavy atom. The maximum atomic E-state index is 9.70. The molecular formula is C14H22O2. The van der Waals surface area contributed by atoms with Gasteiger partial charge in [0, 0.05) is 13.7 Å². The van der Waals surface area contributed by atoms with Gasteiger partial charge in [-0.1, -0.05) is 30.3 Å². The molecule has 0 aliphatic heterocycles. The van der Waals surface area contributed by atoms with Crippen LogP contribution in [0.5, 0.6) is 0 Å². The molecule has 2 nitrogen and oxygen atoms in total. The maximum absolute atomic E-state index is 9.70. The van der Waals surface area contributed by atoms with E-state index in [1.165, 1.54) is 5.56 Å². The molecule has 0 amide bonds. The van der Waals surface area contributed by atoms with Crippen LogP contribution in [0.3, 0.4) is 0 Å². The fourth-order valence-electron chi connectivity index (χ4n) is 1.79. The van der Waals surface area contributed by atoms with E-state index in [9.17, 15) is 5.11 Å². The number of aliphatic hydroxyl groups is 1. The third kappa shape index (κ3) is 5.89. The van der Waals surface area contributed by atoms with Gasteiger partial charge in [0.1, 0.15) is 0 Å². The van der Waals surface area contributed by atoms with Crippen molar-refractivity contribution in [1.82, 2.24) is 0 Å². The molecule has 1 aromatic carbocycles. The van der Waals surface area contributed by atoms with Gasteiger partial charge in [-0.3, -0.25) is 0 Å². The highest BCUT2D eigenvalue weighted by Crippen LogP contribution is 2.09. The van der Waals surface area contributed by atoms with E-state index in [1.54, 1.807) is 7.11 Å². The largest absolute Gasteiger partial charge is 0.393 e. The van der Waals surface area contributed by atoms with E-state index in [0.717, 1.165) is 38.7 Å². The number of hydrogen-bond acceptors (Lipinski definition) is 2. The van der Waals surface area contributed by atoms with Crippen LogP contribution in [0.2, 0.25) is 0 Å². The number of aliphatic hydroxyl groups excluding tert-OH is 1. The van der Waals surface area contributed by atoms with E-state index in [2.05, 4.69) is 24.3 Å². The number of aryl methyl sites for hydroxylation is 1. The van der Waals surface area contributed by atoms with Gasteiger partial charge in [0.15, 0.2) is 0 Å². The minimum Gasteiger partial charge on any atom is -0.393 e. The molecular weight excluding hydrogens is 200 g/mol. The van der Waals surface area contributed by atoms with E-state index in [4.69, 9.17) is 4.74 Å². The lowest BCUT2D eigenvalue weighted by atomic mass is 10.0. The zero-order valence-electron chi connectivity index (χ0n) is 10.1. The lowest BCUT2D eigenvalue weighted by Crippen LogP contribution is -2.08. The summed E-state index contributed by atoms with van der Waals surface area (Å²) >= 11 is 0. The highest BCUT2D eigenvalue weighted by atomic mass is 16.5. The first-order valence-electron chi connectivity index (χ1n) is 6.04. The van der Waals surface area contributed by atoms with Crippen LogP contribution in [0.15, 0.2) is 30.3 Å². The second kappa shape index (κ2) is 8.31. The van der Waals surface area contributed by atoms with Gasteiger partial charge >= 0.3 is 0 Å². The summed E-state index contributed by atoms with van der Waals surface area (Å²) in [5.74, 6) is 0. The lowest BCUT2D eigenvalue weighted by molar-refractivity contribution is 0.127. The van der Waals surface area contributed by atoms with Gasteiger partial charge in [-0.2, -0.15) is 0 Å². The van der Waals surface area contributed by atoms with Crippen molar-refractivity contribution >= 4 is 0 Å². The molecule has 90 valence electrons. The van der Waals surface area contributed by atoms with Crippen molar-refractivity contribution < 1.29 is 9.84 Å². The molecule has 16 heavy (non-hydrogen) atoms. The van der Waals surface area contributed by atoms with Crippen molar-refractivity contribution in [3.05, 3.63) is 35.9 Å². The summed E-state index contributed by atoms with van der Waals surface area (Å²) < 4.78 is 4.95. The Bertz CT molecular complexity index is 259. The van der Waals surface area contributed by atoms with Crippen molar-refractivity contribution in [3.8, 4) is 0 Å². The van der Waals surface area contributed by atoms with Crippen LogP contribution in [-0.2, 0) is 11.2 Å². The molecule has 0 radical (unpaired) electrons. The Morgan fingerprint density at radius 3 is 2.50 bits per heavy atom. The van der Waals surface area contributed by atoms with Crippen molar-refractivity contribution in [2.75, 3.05) is 13.7 Å². The van der Waals surface area contributed by atoms with Crippen molar-refractivity contribution in [3.63, 3.8) is 0 Å². The van der Waals surface area contributed by atoms with E-state index < -0.39 is 0 Å². The van der Waals surface area contributed by atoms with E-state index in [-0.39, 0.29) is 6.10 Å². The highest BCUT2D eigenvalue weighted by molar-refractivity contribution is 5.14. The summed E-state index contributed by atoms with van der Waals surface area (Å²) in [6.07, 6.45) is 4.63. The van der Waals surface area contributed by atoms with Crippen LogP contribution in [-0.4, -0.2) is 24.9 Å². The van der Waals surface area contributed by atoms with Crippen LogP contribution in [0.1, 0.15) is 31.2 Å². The molecule has 1 rings (SSSR count). The molecule has 0 aromatic heterocycles. The average Bonchev–Trinajstić information content (AvgIpc) is 2.31. The predicted octanol–water partition coefficient (Wildman–Crippen LogP) is 2.80. The fraction of sp³-hybridized carbons (Fsp3) is 0.571. The molecule has 0 heterocycles. The van der Waals surface area contributed by atoms with Crippen LogP contribution in [0.4, 0.5) is 0 Å². The molecule has 1 atom stereocenters. The molecule has 1 aromatic rings. The van der Waals surface area contributed by atoms with Crippen LogP contribution in [0.25, 0.3) is 0 Å². The predicted molar refractivity (Wildman–Crippen MR) is 66.5 cm³/mol. The Kier molecular flexibility index (Phi) is 6.86. The van der Waals surface area contributed by atoms with E-state index in [0.29, 0.717) is 0 Å². The average molecular weight is 222 g/mol. The standard InChI is InChI=1S/C14H22O2/c1-16-12-6-11-14(15)10-5-9-13-7-3-2-4-8-13/h2-4,7-8,14-15H,5-6,9-12H2,1H3. The van der Waals surface area contributed by atoms with Gasteiger partial charge in [-0.25, -0.2) is 0 Å². The summed E-state index contributed by atoms with van der Waals surface area (Å²) in [6.45, 7) is 0.746. The molecule has 2 heteroatoms. The zero-order valence-corrected chi connectivity index (χ0v) is 10.1. The minimum absolute atomic E-state index is 0.168. The number of methoxy groups -OCH3 is 1. The SMILES string of the molecule is COCCCC(O)CCCc1ccccc1. The number of benzene rings is 1. The molecule has 0 saturated heterocycles. The third-order valence-corrected chi connectivity index (χ3v) is 2.73. The first kappa shape index (κ1) is 13.2. The van der Waals surface area contributed by atoms with Gasteiger partial charge in [-0.05, 0) is 37.7 Å². The topological polar surface area (TPSA) is 29.5 Å². The van der Waals surface area contributed by atoms with Crippen LogP contribution in [0, 0.1) is 0 Å². The maximum Gasteiger partial charge on any atom is 0.0541 e. The van der Waals surface area contributed by atoms with Crippen molar-refractivity contribution in [2.45, 2.75) is 38.2 Å². The van der Waals surface area contributed by atoms with Crippen LogP contribution >= 0.6 is 0 Å². The third-order valence-electron chi connectivity index (χ3n) is 2.73. The minimum atomic E-state index is -0.168. The summed E-state index contributed by atoms with van der Waals surface area (Å²) in [4.78, 5) is 0. The number of hydrogen-bond donors (Lipinski definition) is 1. The van der Waals surface area contributed by atoms with Gasteiger partial charge in [0.25, 0.3) is 0 Å². The Morgan fingerprint density at radius 1 is 1.12 bits per heavy atom. The summed E-state index contributed by atoms with van der Waals surface area (Å²) in [5, 5.41) is 9.70. The smallest absolute Gasteiger partial charge is 0.0541 e. The van der Waals surface area contributed by atoms with Gasteiger partial charge in [0.05, 0.1) is 6.10 Å². The van der Waals surface area contributed by atoms with Crippen molar-refractivity contribution in [1.29, 1.82) is 0 Å². The fourth-order valence-corrected chi connectivity index (χ4v) is 1.79.